The number of nitrogen functional groups attached to an aromatic ring is 1. The Labute approximate surface area is 100 Å². The Kier molecular flexibility index (Phi) is 5.98. The van der Waals surface area contributed by atoms with Gasteiger partial charge in [0.1, 0.15) is 5.82 Å². The topological polar surface area (TPSA) is 86.5 Å². The minimum absolute atomic E-state index is 0.187. The maximum atomic E-state index is 11.6. The van der Waals surface area contributed by atoms with Crippen molar-refractivity contribution >= 4 is 11.7 Å². The number of carbonyl (C=O) groups is 1. The Hall–Kier alpha value is -1.66. The highest BCUT2D eigenvalue weighted by atomic mass is 16.5. The van der Waals surface area contributed by atoms with E-state index in [9.17, 15) is 4.79 Å². The first kappa shape index (κ1) is 13.4. The second-order valence-corrected chi connectivity index (χ2v) is 3.33. The van der Waals surface area contributed by atoms with Crippen LogP contribution in [0.3, 0.4) is 0 Å². The molecule has 94 valence electrons. The summed E-state index contributed by atoms with van der Waals surface area (Å²) in [4.78, 5) is 15.4. The number of pyridine rings is 1. The Balaban J connectivity index is 2.19. The van der Waals surface area contributed by atoms with Crippen molar-refractivity contribution in [2.24, 2.45) is 0 Å². The van der Waals surface area contributed by atoms with E-state index in [4.69, 9.17) is 15.2 Å². The van der Waals surface area contributed by atoms with Crippen molar-refractivity contribution < 1.29 is 14.3 Å². The molecule has 0 aliphatic carbocycles. The number of aromatic nitrogens is 1. The largest absolute Gasteiger partial charge is 0.384 e. The Morgan fingerprint density at radius 3 is 2.88 bits per heavy atom. The highest BCUT2D eigenvalue weighted by molar-refractivity contribution is 5.93. The summed E-state index contributed by atoms with van der Waals surface area (Å²) in [5, 5.41) is 2.71. The third-order valence-corrected chi connectivity index (χ3v) is 2.01. The van der Waals surface area contributed by atoms with Crippen LogP contribution in [0, 0.1) is 0 Å². The molecule has 6 heteroatoms. The van der Waals surface area contributed by atoms with Crippen LogP contribution >= 0.6 is 0 Å². The number of hydrogen-bond donors (Lipinski definition) is 2. The number of carbonyl (C=O) groups excluding carboxylic acids is 1. The molecule has 1 aromatic heterocycles. The van der Waals surface area contributed by atoms with Crippen molar-refractivity contribution in [2.75, 3.05) is 39.2 Å². The number of nitrogens with zero attached hydrogens (tertiary/aromatic N) is 1. The fraction of sp³-hybridized carbons (Fsp3) is 0.455. The molecule has 0 aliphatic rings. The maximum Gasteiger partial charge on any atom is 0.252 e. The molecule has 0 saturated carbocycles. The van der Waals surface area contributed by atoms with E-state index in [2.05, 4.69) is 10.3 Å². The van der Waals surface area contributed by atoms with Gasteiger partial charge in [0, 0.05) is 19.9 Å². The average molecular weight is 239 g/mol. The van der Waals surface area contributed by atoms with Gasteiger partial charge < -0.3 is 20.5 Å². The SMILES string of the molecule is COCCOCCNC(=O)c1ccc(N)nc1. The van der Waals surface area contributed by atoms with Crippen molar-refractivity contribution in [3.05, 3.63) is 23.9 Å². The van der Waals surface area contributed by atoms with E-state index in [0.717, 1.165) is 0 Å². The molecule has 17 heavy (non-hydrogen) atoms. The molecular formula is C11H17N3O3. The third-order valence-electron chi connectivity index (χ3n) is 2.01. The summed E-state index contributed by atoms with van der Waals surface area (Å²) in [5.74, 6) is 0.206. The van der Waals surface area contributed by atoms with Crippen LogP contribution in [0.1, 0.15) is 10.4 Å². The Morgan fingerprint density at radius 1 is 1.41 bits per heavy atom. The molecule has 1 heterocycles. The van der Waals surface area contributed by atoms with Crippen LogP contribution in [0.25, 0.3) is 0 Å². The van der Waals surface area contributed by atoms with Gasteiger partial charge in [-0.1, -0.05) is 0 Å². The predicted molar refractivity (Wildman–Crippen MR) is 63.7 cm³/mol. The molecule has 6 nitrogen and oxygen atoms in total. The molecule has 0 bridgehead atoms. The lowest BCUT2D eigenvalue weighted by atomic mass is 10.2. The van der Waals surface area contributed by atoms with Gasteiger partial charge in [0.05, 0.1) is 25.4 Å². The summed E-state index contributed by atoms with van der Waals surface area (Å²) in [7, 11) is 1.61. The van der Waals surface area contributed by atoms with Crippen molar-refractivity contribution in [1.29, 1.82) is 0 Å². The van der Waals surface area contributed by atoms with Gasteiger partial charge in [0.15, 0.2) is 0 Å². The lowest BCUT2D eigenvalue weighted by Gasteiger charge is -2.06. The minimum atomic E-state index is -0.187. The van der Waals surface area contributed by atoms with E-state index in [1.165, 1.54) is 6.20 Å². The zero-order valence-corrected chi connectivity index (χ0v) is 9.81. The summed E-state index contributed by atoms with van der Waals surface area (Å²) in [6.45, 7) is 1.98. The normalized spacial score (nSPS) is 10.2. The van der Waals surface area contributed by atoms with Crippen molar-refractivity contribution in [3.8, 4) is 0 Å². The molecule has 1 aromatic rings. The number of anilines is 1. The number of nitrogens with two attached hydrogens (primary N) is 1. The molecule has 0 fully saturated rings. The first-order valence-electron chi connectivity index (χ1n) is 5.30. The smallest absolute Gasteiger partial charge is 0.252 e. The third kappa shape index (κ3) is 5.28. The zero-order chi connectivity index (χ0) is 12.5. The predicted octanol–water partition coefficient (Wildman–Crippen LogP) is 0.0566. The van der Waals surface area contributed by atoms with Crippen LogP contribution in [0.15, 0.2) is 18.3 Å². The molecular weight excluding hydrogens is 222 g/mol. The fourth-order valence-electron chi connectivity index (χ4n) is 1.12. The quantitative estimate of drug-likeness (QED) is 0.657. The Bertz CT molecular complexity index is 340. The number of rotatable bonds is 7. The highest BCUT2D eigenvalue weighted by Crippen LogP contribution is 2.00. The molecule has 0 saturated heterocycles. The number of hydrogen-bond acceptors (Lipinski definition) is 5. The summed E-state index contributed by atoms with van der Waals surface area (Å²) < 4.78 is 10.0. The summed E-state index contributed by atoms with van der Waals surface area (Å²) >= 11 is 0. The van der Waals surface area contributed by atoms with Gasteiger partial charge in [-0.15, -0.1) is 0 Å². The second-order valence-electron chi connectivity index (χ2n) is 3.33. The van der Waals surface area contributed by atoms with Crippen LogP contribution in [-0.2, 0) is 9.47 Å². The van der Waals surface area contributed by atoms with Crippen molar-refractivity contribution in [3.63, 3.8) is 0 Å². The second kappa shape index (κ2) is 7.59. The van der Waals surface area contributed by atoms with Gasteiger partial charge in [0.2, 0.25) is 0 Å². The molecule has 1 amide bonds. The lowest BCUT2D eigenvalue weighted by molar-refractivity contribution is 0.0692. The molecule has 0 aromatic carbocycles. The fourth-order valence-corrected chi connectivity index (χ4v) is 1.12. The van der Waals surface area contributed by atoms with E-state index >= 15 is 0 Å². The lowest BCUT2D eigenvalue weighted by Crippen LogP contribution is -2.27. The zero-order valence-electron chi connectivity index (χ0n) is 9.81. The summed E-state index contributed by atoms with van der Waals surface area (Å²) in [5.41, 5.74) is 5.90. The summed E-state index contributed by atoms with van der Waals surface area (Å²) in [6.07, 6.45) is 1.44. The first-order valence-corrected chi connectivity index (χ1v) is 5.30. The highest BCUT2D eigenvalue weighted by Gasteiger charge is 2.04. The van der Waals surface area contributed by atoms with Crippen LogP contribution in [0.2, 0.25) is 0 Å². The van der Waals surface area contributed by atoms with E-state index in [0.29, 0.717) is 37.7 Å². The first-order chi connectivity index (χ1) is 8.24. The van der Waals surface area contributed by atoms with Crippen LogP contribution in [0.5, 0.6) is 0 Å². The van der Waals surface area contributed by atoms with Gasteiger partial charge >= 0.3 is 0 Å². The van der Waals surface area contributed by atoms with Crippen LogP contribution in [-0.4, -0.2) is 44.4 Å². The minimum Gasteiger partial charge on any atom is -0.384 e. The molecule has 0 radical (unpaired) electrons. The van der Waals surface area contributed by atoms with Crippen molar-refractivity contribution in [1.82, 2.24) is 10.3 Å². The summed E-state index contributed by atoms with van der Waals surface area (Å²) in [6, 6.07) is 3.22. The molecule has 0 atom stereocenters. The van der Waals surface area contributed by atoms with Crippen LogP contribution in [0.4, 0.5) is 5.82 Å². The average Bonchev–Trinajstić information content (AvgIpc) is 2.34. The number of nitrogens with one attached hydrogen (secondary N) is 1. The monoisotopic (exact) mass is 239 g/mol. The van der Waals surface area contributed by atoms with E-state index in [-0.39, 0.29) is 5.91 Å². The van der Waals surface area contributed by atoms with Gasteiger partial charge in [0.25, 0.3) is 5.91 Å². The number of amides is 1. The maximum absolute atomic E-state index is 11.6. The van der Waals surface area contributed by atoms with E-state index in [1.807, 2.05) is 0 Å². The van der Waals surface area contributed by atoms with Crippen molar-refractivity contribution in [2.45, 2.75) is 0 Å². The molecule has 0 aliphatic heterocycles. The molecule has 0 unspecified atom stereocenters. The van der Waals surface area contributed by atoms with Gasteiger partial charge in [-0.05, 0) is 12.1 Å². The van der Waals surface area contributed by atoms with E-state index < -0.39 is 0 Å². The Morgan fingerprint density at radius 2 is 2.24 bits per heavy atom. The van der Waals surface area contributed by atoms with Gasteiger partial charge in [-0.25, -0.2) is 4.98 Å². The molecule has 0 spiro atoms. The van der Waals surface area contributed by atoms with Gasteiger partial charge in [-0.2, -0.15) is 0 Å². The molecule has 3 N–H and O–H groups in total. The van der Waals surface area contributed by atoms with E-state index in [1.54, 1.807) is 19.2 Å². The standard InChI is InChI=1S/C11H17N3O3/c1-16-6-7-17-5-4-13-11(15)9-2-3-10(12)14-8-9/h2-3,8H,4-7H2,1H3,(H2,12,14)(H,13,15). The van der Waals surface area contributed by atoms with Crippen LogP contribution < -0.4 is 11.1 Å². The molecule has 1 rings (SSSR count). The number of ether oxygens (including phenoxy) is 2. The van der Waals surface area contributed by atoms with Gasteiger partial charge in [-0.3, -0.25) is 4.79 Å². The number of methoxy groups -OCH3 is 1.